The normalized spacial score (nSPS) is 15.8. The van der Waals surface area contributed by atoms with Gasteiger partial charge in [0.05, 0.1) is 12.2 Å². The van der Waals surface area contributed by atoms with Crippen molar-refractivity contribution in [1.82, 2.24) is 9.88 Å². The van der Waals surface area contributed by atoms with Gasteiger partial charge in [0.15, 0.2) is 0 Å². The summed E-state index contributed by atoms with van der Waals surface area (Å²) in [6.07, 6.45) is 0.822. The second-order valence-electron chi connectivity index (χ2n) is 3.24. The number of likely N-dealkylation sites (N-methyl/N-ethyl adjacent to an activating group) is 1. The van der Waals surface area contributed by atoms with E-state index in [0.717, 1.165) is 24.4 Å². The molecule has 1 amide bonds. The molecule has 5 nitrogen and oxygen atoms in total. The van der Waals surface area contributed by atoms with E-state index in [4.69, 9.17) is 10.2 Å². The Labute approximate surface area is 87.7 Å². The van der Waals surface area contributed by atoms with Crippen molar-refractivity contribution in [1.29, 1.82) is 0 Å². The van der Waals surface area contributed by atoms with Crippen LogP contribution >= 0.6 is 12.4 Å². The van der Waals surface area contributed by atoms with Crippen molar-refractivity contribution >= 4 is 18.3 Å². The molecule has 1 aliphatic heterocycles. The molecule has 0 bridgehead atoms. The number of nitrogens with two attached hydrogens (primary N) is 1. The standard InChI is InChI=1S/C8H11N3O2.ClH/c1-11-3-2-5-6(4-11)13-8(10-5)7(9)12;/h2-4H2,1H3,(H2,9,12);1H. The summed E-state index contributed by atoms with van der Waals surface area (Å²) >= 11 is 0. The lowest BCUT2D eigenvalue weighted by molar-refractivity contribution is 0.0964. The van der Waals surface area contributed by atoms with Crippen LogP contribution in [-0.2, 0) is 13.0 Å². The van der Waals surface area contributed by atoms with Crippen molar-refractivity contribution in [3.05, 3.63) is 17.3 Å². The average Bonchev–Trinajstić information content (AvgIpc) is 2.46. The van der Waals surface area contributed by atoms with Crippen molar-refractivity contribution in [3.63, 3.8) is 0 Å². The van der Waals surface area contributed by atoms with Crippen LogP contribution < -0.4 is 5.73 Å². The quantitative estimate of drug-likeness (QED) is 0.729. The van der Waals surface area contributed by atoms with Gasteiger partial charge >= 0.3 is 5.91 Å². The second-order valence-corrected chi connectivity index (χ2v) is 3.24. The zero-order valence-corrected chi connectivity index (χ0v) is 8.63. The first-order chi connectivity index (χ1) is 6.16. The summed E-state index contributed by atoms with van der Waals surface area (Å²) in [6.45, 7) is 1.65. The Balaban J connectivity index is 0.000000980. The van der Waals surface area contributed by atoms with Gasteiger partial charge in [0.1, 0.15) is 5.76 Å². The van der Waals surface area contributed by atoms with Gasteiger partial charge in [0.25, 0.3) is 5.89 Å². The van der Waals surface area contributed by atoms with Gasteiger partial charge in [-0.25, -0.2) is 4.98 Å². The highest BCUT2D eigenvalue weighted by Crippen LogP contribution is 2.18. The number of oxazole rings is 1. The van der Waals surface area contributed by atoms with Crippen LogP contribution in [0.3, 0.4) is 0 Å². The minimum atomic E-state index is -0.600. The van der Waals surface area contributed by atoms with Crippen LogP contribution in [0.25, 0.3) is 0 Å². The lowest BCUT2D eigenvalue weighted by Gasteiger charge is -2.19. The molecule has 0 atom stereocenters. The summed E-state index contributed by atoms with van der Waals surface area (Å²) in [7, 11) is 2.00. The molecule has 6 heteroatoms. The molecular formula is C8H12ClN3O2. The maximum atomic E-state index is 10.8. The summed E-state index contributed by atoms with van der Waals surface area (Å²) in [5, 5.41) is 0. The summed E-state index contributed by atoms with van der Waals surface area (Å²) in [5.74, 6) is 0.194. The third-order valence-electron chi connectivity index (χ3n) is 2.13. The number of primary amides is 1. The molecular weight excluding hydrogens is 206 g/mol. The van der Waals surface area contributed by atoms with E-state index in [1.54, 1.807) is 0 Å². The fraction of sp³-hybridized carbons (Fsp3) is 0.500. The van der Waals surface area contributed by atoms with Crippen molar-refractivity contribution in [2.45, 2.75) is 13.0 Å². The highest BCUT2D eigenvalue weighted by Gasteiger charge is 2.21. The van der Waals surface area contributed by atoms with Crippen LogP contribution in [0.4, 0.5) is 0 Å². The lowest BCUT2D eigenvalue weighted by Crippen LogP contribution is -2.25. The van der Waals surface area contributed by atoms with Crippen LogP contribution in [-0.4, -0.2) is 29.4 Å². The van der Waals surface area contributed by atoms with Crippen molar-refractivity contribution in [2.24, 2.45) is 5.73 Å². The Morgan fingerprint density at radius 2 is 2.36 bits per heavy atom. The monoisotopic (exact) mass is 217 g/mol. The van der Waals surface area contributed by atoms with Gasteiger partial charge in [0.2, 0.25) is 0 Å². The first-order valence-electron chi connectivity index (χ1n) is 4.14. The van der Waals surface area contributed by atoms with Crippen molar-refractivity contribution in [3.8, 4) is 0 Å². The number of carbonyl (C=O) groups is 1. The van der Waals surface area contributed by atoms with Crippen LogP contribution in [0.1, 0.15) is 22.1 Å². The van der Waals surface area contributed by atoms with Gasteiger partial charge in [-0.05, 0) is 7.05 Å². The molecule has 1 aliphatic rings. The fourth-order valence-electron chi connectivity index (χ4n) is 1.43. The second kappa shape index (κ2) is 3.98. The van der Waals surface area contributed by atoms with Crippen molar-refractivity contribution in [2.75, 3.05) is 13.6 Å². The first kappa shape index (κ1) is 11.0. The van der Waals surface area contributed by atoms with Gasteiger partial charge in [-0.2, -0.15) is 0 Å². The zero-order chi connectivity index (χ0) is 9.42. The highest BCUT2D eigenvalue weighted by molar-refractivity contribution is 5.88. The van der Waals surface area contributed by atoms with Crippen LogP contribution in [0.2, 0.25) is 0 Å². The molecule has 0 aliphatic carbocycles. The van der Waals surface area contributed by atoms with Gasteiger partial charge < -0.3 is 10.2 Å². The minimum Gasteiger partial charge on any atom is -0.436 e. The number of amides is 1. The van der Waals surface area contributed by atoms with Crippen LogP contribution in [0.5, 0.6) is 0 Å². The maximum absolute atomic E-state index is 10.8. The third-order valence-corrected chi connectivity index (χ3v) is 2.13. The molecule has 0 unspecified atom stereocenters. The Bertz CT molecular complexity index is 350. The highest BCUT2D eigenvalue weighted by atomic mass is 35.5. The Morgan fingerprint density at radius 1 is 1.64 bits per heavy atom. The predicted molar refractivity (Wildman–Crippen MR) is 52.3 cm³/mol. The Hall–Kier alpha value is -1.07. The maximum Gasteiger partial charge on any atom is 0.304 e. The van der Waals surface area contributed by atoms with Crippen LogP contribution in [0, 0.1) is 0 Å². The molecule has 0 saturated carbocycles. The average molecular weight is 218 g/mol. The molecule has 0 saturated heterocycles. The van der Waals surface area contributed by atoms with Gasteiger partial charge in [-0.15, -0.1) is 12.4 Å². The predicted octanol–water partition coefficient (Wildman–Crippen LogP) is 0.183. The molecule has 0 aromatic carbocycles. The van der Waals surface area contributed by atoms with E-state index in [1.165, 1.54) is 0 Å². The molecule has 2 N–H and O–H groups in total. The van der Waals surface area contributed by atoms with Gasteiger partial charge in [-0.3, -0.25) is 9.69 Å². The Morgan fingerprint density at radius 3 is 3.00 bits per heavy atom. The SMILES string of the molecule is CN1CCc2nc(C(N)=O)oc2C1.Cl. The molecule has 14 heavy (non-hydrogen) atoms. The van der Waals surface area contributed by atoms with E-state index in [1.807, 2.05) is 7.05 Å². The first-order valence-corrected chi connectivity index (χ1v) is 4.14. The van der Waals surface area contributed by atoms with E-state index in [2.05, 4.69) is 9.88 Å². The van der Waals surface area contributed by atoms with Crippen molar-refractivity contribution < 1.29 is 9.21 Å². The number of hydrogen-bond donors (Lipinski definition) is 1. The van der Waals surface area contributed by atoms with E-state index >= 15 is 0 Å². The number of nitrogens with zero attached hydrogens (tertiary/aromatic N) is 2. The summed E-state index contributed by atoms with van der Waals surface area (Å²) in [4.78, 5) is 16.9. The van der Waals surface area contributed by atoms with E-state index in [0.29, 0.717) is 6.54 Å². The van der Waals surface area contributed by atoms with Crippen LogP contribution in [0.15, 0.2) is 4.42 Å². The number of fused-ring (bicyclic) bond motifs is 1. The van der Waals surface area contributed by atoms with E-state index in [9.17, 15) is 4.79 Å². The summed E-state index contributed by atoms with van der Waals surface area (Å²) in [6, 6.07) is 0. The number of hydrogen-bond acceptors (Lipinski definition) is 4. The largest absolute Gasteiger partial charge is 0.436 e. The third kappa shape index (κ3) is 1.88. The number of carbonyl (C=O) groups excluding carboxylic acids is 1. The summed E-state index contributed by atoms with van der Waals surface area (Å²) < 4.78 is 5.21. The molecule has 0 spiro atoms. The molecule has 0 radical (unpaired) electrons. The molecule has 1 aromatic rings. The zero-order valence-electron chi connectivity index (χ0n) is 7.82. The van der Waals surface area contributed by atoms with Gasteiger partial charge in [-0.1, -0.05) is 0 Å². The smallest absolute Gasteiger partial charge is 0.304 e. The topological polar surface area (TPSA) is 72.4 Å². The molecule has 0 fully saturated rings. The minimum absolute atomic E-state index is 0. The van der Waals surface area contributed by atoms with E-state index in [-0.39, 0.29) is 18.3 Å². The van der Waals surface area contributed by atoms with Gasteiger partial charge in [0, 0.05) is 13.0 Å². The van der Waals surface area contributed by atoms with E-state index < -0.39 is 5.91 Å². The molecule has 2 heterocycles. The number of aromatic nitrogens is 1. The molecule has 2 rings (SSSR count). The Kier molecular flexibility index (Phi) is 3.13. The lowest BCUT2D eigenvalue weighted by atomic mass is 10.2. The number of rotatable bonds is 1. The number of halogens is 1. The molecule has 1 aromatic heterocycles. The molecule has 78 valence electrons. The fourth-order valence-corrected chi connectivity index (χ4v) is 1.43. The summed E-state index contributed by atoms with van der Waals surface area (Å²) in [5.41, 5.74) is 5.92.